The predicted octanol–water partition coefficient (Wildman–Crippen LogP) is 5.23. The fourth-order valence-corrected chi connectivity index (χ4v) is 11.0. The molecule has 2 aliphatic carbocycles. The molecule has 296 valence electrons. The number of allylic oxidation sites excluding steroid dienone is 1. The van der Waals surface area contributed by atoms with E-state index in [1.807, 2.05) is 13.0 Å². The largest absolute Gasteiger partial charge is 0.491 e. The van der Waals surface area contributed by atoms with E-state index in [0.717, 1.165) is 18.4 Å². The number of nitrogens with one attached hydrogen (secondary N) is 1. The Kier molecular flexibility index (Phi) is 11.7. The van der Waals surface area contributed by atoms with Gasteiger partial charge < -0.3 is 14.4 Å². The molecule has 2 aromatic carbocycles. The number of carbonyl (C=O) groups is 1. The Morgan fingerprint density at radius 1 is 1.07 bits per heavy atom. The first kappa shape index (κ1) is 39.5. The van der Waals surface area contributed by atoms with Gasteiger partial charge in [0.25, 0.3) is 5.91 Å². The molecule has 6 aliphatic rings. The summed E-state index contributed by atoms with van der Waals surface area (Å²) >= 11 is 6.28. The van der Waals surface area contributed by atoms with E-state index in [4.69, 9.17) is 21.1 Å². The van der Waals surface area contributed by atoms with Gasteiger partial charge in [-0.25, -0.2) is 25.9 Å². The molecule has 1 amide bonds. The van der Waals surface area contributed by atoms with Crippen LogP contribution in [0.5, 0.6) is 5.75 Å². The maximum atomic E-state index is 15.6. The van der Waals surface area contributed by atoms with Crippen molar-refractivity contribution in [2.24, 2.45) is 23.7 Å². The molecule has 0 aromatic heterocycles. The lowest BCUT2D eigenvalue weighted by atomic mass is 9.64. The van der Waals surface area contributed by atoms with Crippen LogP contribution in [0.15, 0.2) is 42.0 Å². The van der Waals surface area contributed by atoms with Crippen molar-refractivity contribution in [1.29, 1.82) is 0 Å². The second-order valence-electron chi connectivity index (χ2n) is 15.8. The third-order valence-corrected chi connectivity index (χ3v) is 16.0. The predicted molar refractivity (Wildman–Crippen MR) is 207 cm³/mol. The zero-order valence-electron chi connectivity index (χ0n) is 31.3. The number of nitrogens with zero attached hydrogens (tertiary/aromatic N) is 3. The summed E-state index contributed by atoms with van der Waals surface area (Å²) in [5.41, 5.74) is 3.41. The number of anilines is 1. The summed E-state index contributed by atoms with van der Waals surface area (Å²) in [6.45, 7) is 8.28. The third-order valence-electron chi connectivity index (χ3n) is 12.5. The van der Waals surface area contributed by atoms with Gasteiger partial charge in [-0.15, -0.1) is 0 Å². The number of carbonyl (C=O) groups excluding carboxylic acids is 1. The Morgan fingerprint density at radius 3 is 2.54 bits per heavy atom. The van der Waals surface area contributed by atoms with Crippen molar-refractivity contribution in [1.82, 2.24) is 13.9 Å². The lowest BCUT2D eigenvalue weighted by Gasteiger charge is -2.48. The highest BCUT2D eigenvalue weighted by atomic mass is 35.5. The molecule has 4 aliphatic heterocycles. The van der Waals surface area contributed by atoms with Gasteiger partial charge in [0.2, 0.25) is 20.0 Å². The monoisotopic (exact) mass is 806 g/mol. The summed E-state index contributed by atoms with van der Waals surface area (Å²) in [6, 6.07) is 8.51. The lowest BCUT2D eigenvalue weighted by molar-refractivity contribution is -0.0340. The van der Waals surface area contributed by atoms with Crippen molar-refractivity contribution in [3.8, 4) is 5.75 Å². The van der Waals surface area contributed by atoms with Gasteiger partial charge in [0, 0.05) is 51.4 Å². The molecular weight excluding hydrogens is 755 g/mol. The van der Waals surface area contributed by atoms with E-state index in [0.29, 0.717) is 102 Å². The van der Waals surface area contributed by atoms with Crippen LogP contribution >= 0.6 is 11.6 Å². The number of halogens is 2. The summed E-state index contributed by atoms with van der Waals surface area (Å²) < 4.78 is 83.9. The van der Waals surface area contributed by atoms with Crippen LogP contribution in [0.25, 0.3) is 0 Å². The molecule has 1 saturated carbocycles. The highest BCUT2D eigenvalue weighted by Crippen LogP contribution is 2.48. The maximum Gasteiger partial charge on any atom is 0.264 e. The van der Waals surface area contributed by atoms with Gasteiger partial charge >= 0.3 is 0 Å². The highest BCUT2D eigenvalue weighted by molar-refractivity contribution is 7.90. The van der Waals surface area contributed by atoms with Crippen LogP contribution in [0.2, 0.25) is 5.02 Å². The number of hydrogen-bond acceptors (Lipinski definition) is 9. The number of ether oxygens (including phenoxy) is 2. The Labute approximate surface area is 324 Å². The smallest absolute Gasteiger partial charge is 0.264 e. The number of fused-ring (bicyclic) bond motifs is 5. The summed E-state index contributed by atoms with van der Waals surface area (Å²) in [5, 5.41) is -0.739. The fraction of sp³-hybridized carbons (Fsp3) is 0.615. The molecular formula is C39H52ClFN4O7S2. The molecule has 4 bridgehead atoms. The Balaban J connectivity index is 1.22. The molecule has 11 nitrogen and oxygen atoms in total. The van der Waals surface area contributed by atoms with Gasteiger partial charge in [0.1, 0.15) is 11.6 Å². The van der Waals surface area contributed by atoms with Gasteiger partial charge in [-0.3, -0.25) is 9.69 Å². The van der Waals surface area contributed by atoms with E-state index in [9.17, 15) is 21.6 Å². The average Bonchev–Trinajstić information content (AvgIpc) is 3.13. The first-order valence-corrected chi connectivity index (χ1v) is 23.0. The van der Waals surface area contributed by atoms with E-state index >= 15 is 4.39 Å². The van der Waals surface area contributed by atoms with Crippen LogP contribution in [0, 0.1) is 29.5 Å². The average molecular weight is 807 g/mol. The molecule has 0 spiro atoms. The highest BCUT2D eigenvalue weighted by Gasteiger charge is 2.45. The fourth-order valence-electron chi connectivity index (χ4n) is 8.69. The summed E-state index contributed by atoms with van der Waals surface area (Å²) in [4.78, 5) is 18.0. The molecule has 2 aromatic rings. The van der Waals surface area contributed by atoms with Gasteiger partial charge in [-0.2, -0.15) is 4.31 Å². The van der Waals surface area contributed by atoms with Gasteiger partial charge in [0.15, 0.2) is 0 Å². The SMILES string of the molecule is C[C@@H]1[C@@H](C)S(=O)(=O)NC(=O)c2ccc3c(c2)N(Cc2ccc(Cl)c(F)c2CCCCO3)C[C@@H]2CC[C@H]2[C@@H](OCCN2CCN(S(C)(=O)=O)CC2)C2=C[C@H]1C2. The summed E-state index contributed by atoms with van der Waals surface area (Å²) in [7, 11) is -7.24. The maximum absolute atomic E-state index is 15.6. The quantitative estimate of drug-likeness (QED) is 0.405. The van der Waals surface area contributed by atoms with Crippen LogP contribution in [-0.4, -0.2) is 102 Å². The third kappa shape index (κ3) is 8.34. The van der Waals surface area contributed by atoms with Gasteiger partial charge in [-0.05, 0) is 110 Å². The number of benzene rings is 2. The molecule has 6 atom stereocenters. The van der Waals surface area contributed by atoms with E-state index in [1.165, 1.54) is 16.1 Å². The van der Waals surface area contributed by atoms with E-state index in [1.54, 1.807) is 31.2 Å². The zero-order valence-corrected chi connectivity index (χ0v) is 33.7. The molecule has 0 radical (unpaired) electrons. The van der Waals surface area contributed by atoms with Crippen molar-refractivity contribution < 1.29 is 35.5 Å². The van der Waals surface area contributed by atoms with Crippen molar-refractivity contribution in [3.05, 3.63) is 69.5 Å². The normalized spacial score (nSPS) is 29.5. The topological polar surface area (TPSA) is 126 Å². The molecule has 54 heavy (non-hydrogen) atoms. The van der Waals surface area contributed by atoms with Crippen LogP contribution in [0.1, 0.15) is 67.4 Å². The number of piperazine rings is 1. The molecule has 2 fully saturated rings. The van der Waals surface area contributed by atoms with E-state index < -0.39 is 37.0 Å². The minimum Gasteiger partial charge on any atom is -0.491 e. The lowest BCUT2D eigenvalue weighted by Crippen LogP contribution is -2.50. The molecule has 15 heteroatoms. The van der Waals surface area contributed by atoms with Crippen LogP contribution in [0.3, 0.4) is 0 Å². The van der Waals surface area contributed by atoms with E-state index in [-0.39, 0.29) is 40.4 Å². The van der Waals surface area contributed by atoms with Crippen LogP contribution in [-0.2, 0) is 37.7 Å². The van der Waals surface area contributed by atoms with Crippen molar-refractivity contribution in [3.63, 3.8) is 0 Å². The van der Waals surface area contributed by atoms with Gasteiger partial charge in [-0.1, -0.05) is 30.7 Å². The molecule has 4 heterocycles. The Bertz CT molecular complexity index is 1990. The first-order valence-electron chi connectivity index (χ1n) is 19.2. The number of sulfonamides is 2. The standard InChI is InChI=1S/C39H52ClFN4O7S2/c1-25-26(2)54(49,50)42-39(46)27-9-12-36-35(22-27)44(23-28-8-11-34(40)37(41)32(28)6-4-5-18-51-36)24-29-7-10-33(29)38(31-20-30(25)21-31)52-19-17-43-13-15-45(16-14-43)53(3,47)48/h8-9,11-12,20,22,25-26,29-30,33,38H,4-7,10,13-19,21,23-24H2,1-3H3,(H,42,46)/t25-,26-,29+,30+,33-,38+/m1/s1. The number of rotatable bonds is 5. The van der Waals surface area contributed by atoms with E-state index in [2.05, 4.69) is 20.6 Å². The first-order chi connectivity index (χ1) is 25.7. The molecule has 0 unspecified atom stereocenters. The minimum absolute atomic E-state index is 0.0236. The van der Waals surface area contributed by atoms with Crippen LogP contribution in [0.4, 0.5) is 10.1 Å². The Hall–Kier alpha value is -2.75. The van der Waals surface area contributed by atoms with Crippen molar-refractivity contribution in [2.45, 2.75) is 70.3 Å². The molecule has 8 rings (SSSR count). The minimum atomic E-state index is -4.02. The zero-order chi connectivity index (χ0) is 38.4. The number of hydrogen-bond donors (Lipinski definition) is 1. The Morgan fingerprint density at radius 2 is 1.83 bits per heavy atom. The summed E-state index contributed by atoms with van der Waals surface area (Å²) in [6.07, 6.45) is 7.83. The molecule has 1 saturated heterocycles. The molecule has 1 N–H and O–H groups in total. The second-order valence-corrected chi connectivity index (χ2v) is 20.2. The van der Waals surface area contributed by atoms with Gasteiger partial charge in [0.05, 0.1) is 41.5 Å². The van der Waals surface area contributed by atoms with Crippen molar-refractivity contribution in [2.75, 3.05) is 63.6 Å². The number of amides is 1. The summed E-state index contributed by atoms with van der Waals surface area (Å²) in [5.74, 6) is -0.330. The van der Waals surface area contributed by atoms with Crippen molar-refractivity contribution >= 4 is 43.2 Å². The van der Waals surface area contributed by atoms with Crippen LogP contribution < -0.4 is 14.4 Å². The second kappa shape index (κ2) is 16.0.